The fourth-order valence-electron chi connectivity index (χ4n) is 3.29. The molecule has 0 N–H and O–H groups in total. The highest BCUT2D eigenvalue weighted by molar-refractivity contribution is 5.43. The summed E-state index contributed by atoms with van der Waals surface area (Å²) in [5.74, 6) is 0.220. The average Bonchev–Trinajstić information content (AvgIpc) is 3.11. The molecule has 0 radical (unpaired) electrons. The molecule has 0 aliphatic carbocycles. The number of nitriles is 1. The van der Waals surface area contributed by atoms with Crippen molar-refractivity contribution in [2.24, 2.45) is 0 Å². The third kappa shape index (κ3) is 3.84. The minimum Gasteiger partial charge on any atom is -0.379 e. The summed E-state index contributed by atoms with van der Waals surface area (Å²) in [5.41, 5.74) is 3.03. The van der Waals surface area contributed by atoms with Crippen LogP contribution >= 0.6 is 0 Å². The van der Waals surface area contributed by atoms with Crippen LogP contribution in [0, 0.1) is 11.3 Å². The smallest absolute Gasteiger partial charge is 0.0994 e. The van der Waals surface area contributed by atoms with E-state index in [1.165, 1.54) is 5.56 Å². The maximum atomic E-state index is 9.36. The second-order valence-corrected chi connectivity index (χ2v) is 6.15. The number of morpholine rings is 1. The molecule has 0 saturated carbocycles. The quantitative estimate of drug-likeness (QED) is 0.820. The number of rotatable bonds is 6. The zero-order chi connectivity index (χ0) is 16.8. The SMILES string of the molecule is CC[C@@H](c1cnn(CCN2CCOCC2)c1)c1ccccc1C#N. The van der Waals surface area contributed by atoms with Gasteiger partial charge in [-0.1, -0.05) is 25.1 Å². The predicted molar refractivity (Wildman–Crippen MR) is 92.8 cm³/mol. The first kappa shape index (κ1) is 16.7. The van der Waals surface area contributed by atoms with Gasteiger partial charge >= 0.3 is 0 Å². The van der Waals surface area contributed by atoms with Gasteiger partial charge in [-0.15, -0.1) is 0 Å². The molecule has 126 valence electrons. The van der Waals surface area contributed by atoms with Crippen LogP contribution < -0.4 is 0 Å². The first-order chi connectivity index (χ1) is 11.8. The molecule has 0 unspecified atom stereocenters. The lowest BCUT2D eigenvalue weighted by Crippen LogP contribution is -2.38. The molecule has 5 heteroatoms. The molecule has 24 heavy (non-hydrogen) atoms. The molecule has 2 aromatic rings. The fourth-order valence-corrected chi connectivity index (χ4v) is 3.29. The molecule has 0 bridgehead atoms. The van der Waals surface area contributed by atoms with E-state index in [0.29, 0.717) is 0 Å². The number of hydrogen-bond donors (Lipinski definition) is 0. The van der Waals surface area contributed by atoms with Gasteiger partial charge in [0.15, 0.2) is 0 Å². The van der Waals surface area contributed by atoms with Crippen LogP contribution in [-0.2, 0) is 11.3 Å². The molecule has 1 aromatic carbocycles. The zero-order valence-corrected chi connectivity index (χ0v) is 14.2. The molecule has 1 aliphatic heterocycles. The Balaban J connectivity index is 1.70. The van der Waals surface area contributed by atoms with Crippen molar-refractivity contribution in [1.82, 2.24) is 14.7 Å². The summed E-state index contributed by atoms with van der Waals surface area (Å²) >= 11 is 0. The Labute approximate surface area is 143 Å². The Morgan fingerprint density at radius 3 is 2.79 bits per heavy atom. The Kier molecular flexibility index (Phi) is 5.63. The van der Waals surface area contributed by atoms with Gasteiger partial charge in [-0.05, 0) is 23.6 Å². The molecule has 5 nitrogen and oxygen atoms in total. The van der Waals surface area contributed by atoms with Crippen LogP contribution in [0.15, 0.2) is 36.7 Å². The standard InChI is InChI=1S/C19H24N4O/c1-2-18(19-6-4-3-5-16(19)13-20)17-14-21-23(15-17)8-7-22-9-11-24-12-10-22/h3-6,14-15,18H,2,7-12H2,1H3/t18-/m0/s1. The predicted octanol–water partition coefficient (Wildman–Crippen LogP) is 2.63. The lowest BCUT2D eigenvalue weighted by molar-refractivity contribution is 0.0359. The van der Waals surface area contributed by atoms with Gasteiger partial charge in [0.1, 0.15) is 0 Å². The van der Waals surface area contributed by atoms with Gasteiger partial charge in [0, 0.05) is 31.7 Å². The number of aromatic nitrogens is 2. The monoisotopic (exact) mass is 324 g/mol. The third-order valence-electron chi connectivity index (χ3n) is 4.67. The minimum absolute atomic E-state index is 0.220. The summed E-state index contributed by atoms with van der Waals surface area (Å²) in [6, 6.07) is 10.2. The Morgan fingerprint density at radius 1 is 1.25 bits per heavy atom. The third-order valence-corrected chi connectivity index (χ3v) is 4.67. The van der Waals surface area contributed by atoms with Crippen molar-refractivity contribution >= 4 is 0 Å². The van der Waals surface area contributed by atoms with E-state index in [-0.39, 0.29) is 5.92 Å². The molecule has 3 rings (SSSR count). The van der Waals surface area contributed by atoms with E-state index in [4.69, 9.17) is 4.74 Å². The average molecular weight is 324 g/mol. The van der Waals surface area contributed by atoms with Gasteiger partial charge in [0.2, 0.25) is 0 Å². The fraction of sp³-hybridized carbons (Fsp3) is 0.474. The van der Waals surface area contributed by atoms with Crippen molar-refractivity contribution in [3.05, 3.63) is 53.3 Å². The lowest BCUT2D eigenvalue weighted by atomic mass is 9.88. The normalized spacial score (nSPS) is 16.7. The van der Waals surface area contributed by atoms with Gasteiger partial charge in [-0.2, -0.15) is 10.4 Å². The summed E-state index contributed by atoms with van der Waals surface area (Å²) in [7, 11) is 0. The van der Waals surface area contributed by atoms with Crippen LogP contribution in [0.2, 0.25) is 0 Å². The molecule has 1 atom stereocenters. The van der Waals surface area contributed by atoms with Crippen LogP contribution in [0.4, 0.5) is 0 Å². The maximum Gasteiger partial charge on any atom is 0.0994 e. The molecule has 1 saturated heterocycles. The largest absolute Gasteiger partial charge is 0.379 e. The van der Waals surface area contributed by atoms with Gasteiger partial charge in [-0.3, -0.25) is 9.58 Å². The van der Waals surface area contributed by atoms with Gasteiger partial charge in [0.05, 0.1) is 37.6 Å². The van der Waals surface area contributed by atoms with Crippen LogP contribution in [0.3, 0.4) is 0 Å². The van der Waals surface area contributed by atoms with Crippen LogP contribution in [0.1, 0.15) is 36.0 Å². The highest BCUT2D eigenvalue weighted by Gasteiger charge is 2.17. The van der Waals surface area contributed by atoms with Crippen LogP contribution in [0.25, 0.3) is 0 Å². The maximum absolute atomic E-state index is 9.36. The van der Waals surface area contributed by atoms with E-state index < -0.39 is 0 Å². The molecular weight excluding hydrogens is 300 g/mol. The summed E-state index contributed by atoms with van der Waals surface area (Å²) in [6.45, 7) is 7.69. The van der Waals surface area contributed by atoms with Gasteiger partial charge in [-0.25, -0.2) is 0 Å². The van der Waals surface area contributed by atoms with Crippen LogP contribution in [0.5, 0.6) is 0 Å². The molecule has 1 aromatic heterocycles. The van der Waals surface area contributed by atoms with Crippen molar-refractivity contribution in [3.63, 3.8) is 0 Å². The molecule has 1 fully saturated rings. The summed E-state index contributed by atoms with van der Waals surface area (Å²) in [4.78, 5) is 2.41. The van der Waals surface area contributed by atoms with Crippen molar-refractivity contribution in [2.75, 3.05) is 32.8 Å². The highest BCUT2D eigenvalue weighted by atomic mass is 16.5. The van der Waals surface area contributed by atoms with Gasteiger partial charge < -0.3 is 4.74 Å². The lowest BCUT2D eigenvalue weighted by Gasteiger charge is -2.26. The number of ether oxygens (including phenoxy) is 1. The Hall–Kier alpha value is -2.16. The van der Waals surface area contributed by atoms with E-state index in [1.54, 1.807) is 0 Å². The second-order valence-electron chi connectivity index (χ2n) is 6.15. The number of nitrogens with zero attached hydrogens (tertiary/aromatic N) is 4. The first-order valence-corrected chi connectivity index (χ1v) is 8.63. The second kappa shape index (κ2) is 8.09. The number of hydrogen-bond acceptors (Lipinski definition) is 4. The molecule has 0 amide bonds. The first-order valence-electron chi connectivity index (χ1n) is 8.63. The van der Waals surface area contributed by atoms with E-state index >= 15 is 0 Å². The topological polar surface area (TPSA) is 54.1 Å². The molecule has 0 spiro atoms. The van der Waals surface area contributed by atoms with E-state index in [0.717, 1.165) is 56.9 Å². The number of benzene rings is 1. The van der Waals surface area contributed by atoms with E-state index in [2.05, 4.69) is 35.3 Å². The molecule has 1 aliphatic rings. The van der Waals surface area contributed by atoms with Crippen LogP contribution in [-0.4, -0.2) is 47.5 Å². The molecular formula is C19H24N4O. The van der Waals surface area contributed by atoms with Gasteiger partial charge in [0.25, 0.3) is 0 Å². The van der Waals surface area contributed by atoms with Crippen molar-refractivity contribution in [3.8, 4) is 6.07 Å². The highest BCUT2D eigenvalue weighted by Crippen LogP contribution is 2.29. The summed E-state index contributed by atoms with van der Waals surface area (Å²) < 4.78 is 7.40. The van der Waals surface area contributed by atoms with Crippen molar-refractivity contribution in [2.45, 2.75) is 25.8 Å². The minimum atomic E-state index is 0.220. The Bertz CT molecular complexity index is 697. The zero-order valence-electron chi connectivity index (χ0n) is 14.2. The van der Waals surface area contributed by atoms with E-state index in [9.17, 15) is 5.26 Å². The molecule has 2 heterocycles. The van der Waals surface area contributed by atoms with E-state index in [1.807, 2.05) is 29.1 Å². The van der Waals surface area contributed by atoms with Crippen molar-refractivity contribution < 1.29 is 4.74 Å². The summed E-state index contributed by atoms with van der Waals surface area (Å²) in [5, 5.41) is 13.9. The summed E-state index contributed by atoms with van der Waals surface area (Å²) in [6.07, 6.45) is 5.03. The Morgan fingerprint density at radius 2 is 2.04 bits per heavy atom. The van der Waals surface area contributed by atoms with Crippen molar-refractivity contribution in [1.29, 1.82) is 5.26 Å².